The van der Waals surface area contributed by atoms with Crippen LogP contribution in [-0.4, -0.2) is 21.0 Å². The van der Waals surface area contributed by atoms with Crippen LogP contribution in [0.15, 0.2) is 30.5 Å². The van der Waals surface area contributed by atoms with E-state index in [2.05, 4.69) is 12.0 Å². The van der Waals surface area contributed by atoms with Gasteiger partial charge in [0.2, 0.25) is 0 Å². The number of aliphatic hydroxyl groups is 1. The van der Waals surface area contributed by atoms with Crippen LogP contribution < -0.4 is 0 Å². The maximum absolute atomic E-state index is 14.2. The molecule has 0 saturated heterocycles. The van der Waals surface area contributed by atoms with Gasteiger partial charge in [-0.1, -0.05) is 19.1 Å². The van der Waals surface area contributed by atoms with Gasteiger partial charge in [0.05, 0.1) is 18.0 Å². The summed E-state index contributed by atoms with van der Waals surface area (Å²) in [4.78, 5) is 0. The molecule has 0 spiro atoms. The summed E-state index contributed by atoms with van der Waals surface area (Å²) < 4.78 is 16.0. The predicted octanol–water partition coefficient (Wildman–Crippen LogP) is 3.38. The topological polar surface area (TPSA) is 38.1 Å². The van der Waals surface area contributed by atoms with E-state index in [-0.39, 0.29) is 17.3 Å². The fraction of sp³-hybridized carbons (Fsp3) is 0.500. The van der Waals surface area contributed by atoms with Gasteiger partial charge in [-0.15, -0.1) is 0 Å². The second-order valence-electron chi connectivity index (χ2n) is 6.96. The average molecular weight is 300 g/mol. The lowest BCUT2D eigenvalue weighted by Gasteiger charge is -2.46. The lowest BCUT2D eigenvalue weighted by atomic mass is 9.59. The summed E-state index contributed by atoms with van der Waals surface area (Å²) in [5.74, 6) is 0.209. The first-order valence-corrected chi connectivity index (χ1v) is 8.10. The molecule has 0 unspecified atom stereocenters. The molecule has 0 radical (unpaired) electrons. The van der Waals surface area contributed by atoms with Gasteiger partial charge in [-0.05, 0) is 55.7 Å². The van der Waals surface area contributed by atoms with Gasteiger partial charge in [0.15, 0.2) is 0 Å². The van der Waals surface area contributed by atoms with Crippen molar-refractivity contribution >= 4 is 0 Å². The molecular weight excluding hydrogens is 279 g/mol. The number of fused-ring (bicyclic) bond motifs is 3. The molecule has 0 bridgehead atoms. The first kappa shape index (κ1) is 13.9. The summed E-state index contributed by atoms with van der Waals surface area (Å²) in [6.07, 6.45) is 6.36. The lowest BCUT2D eigenvalue weighted by Crippen LogP contribution is -2.44. The van der Waals surface area contributed by atoms with E-state index < -0.39 is 0 Å². The van der Waals surface area contributed by atoms with Gasteiger partial charge in [-0.2, -0.15) is 5.10 Å². The first-order valence-electron chi connectivity index (χ1n) is 8.10. The number of aryl methyl sites for hydroxylation is 1. The monoisotopic (exact) mass is 300 g/mol. The maximum Gasteiger partial charge on any atom is 0.148 e. The molecule has 1 N–H and O–H groups in total. The molecule has 3 atom stereocenters. The molecule has 22 heavy (non-hydrogen) atoms. The van der Waals surface area contributed by atoms with E-state index in [9.17, 15) is 9.50 Å². The molecule has 1 fully saturated rings. The molecular formula is C18H21FN2O. The number of halogens is 1. The van der Waals surface area contributed by atoms with Crippen LogP contribution in [0.5, 0.6) is 0 Å². The fourth-order valence-electron chi connectivity index (χ4n) is 4.44. The highest BCUT2D eigenvalue weighted by Gasteiger charge is 2.46. The number of benzene rings is 1. The summed E-state index contributed by atoms with van der Waals surface area (Å²) in [6, 6.07) is 6.82. The van der Waals surface area contributed by atoms with Crippen molar-refractivity contribution in [2.24, 2.45) is 5.92 Å². The number of aromatic nitrogens is 2. The van der Waals surface area contributed by atoms with Crippen LogP contribution in [0, 0.1) is 11.7 Å². The van der Waals surface area contributed by atoms with Crippen molar-refractivity contribution in [3.8, 4) is 5.69 Å². The third-order valence-electron chi connectivity index (χ3n) is 5.68. The van der Waals surface area contributed by atoms with Gasteiger partial charge in [-0.25, -0.2) is 9.07 Å². The molecule has 2 aliphatic carbocycles. The van der Waals surface area contributed by atoms with Crippen LogP contribution in [0.4, 0.5) is 4.39 Å². The molecule has 0 aliphatic heterocycles. The van der Waals surface area contributed by atoms with Crippen molar-refractivity contribution in [1.29, 1.82) is 0 Å². The summed E-state index contributed by atoms with van der Waals surface area (Å²) in [7, 11) is 0. The van der Waals surface area contributed by atoms with E-state index in [0.29, 0.717) is 11.6 Å². The Labute approximate surface area is 129 Å². The van der Waals surface area contributed by atoms with E-state index in [4.69, 9.17) is 0 Å². The number of rotatable bonds is 1. The van der Waals surface area contributed by atoms with Crippen LogP contribution in [-0.2, 0) is 11.8 Å². The van der Waals surface area contributed by atoms with Crippen LogP contribution in [0.2, 0.25) is 0 Å². The van der Waals surface area contributed by atoms with Crippen molar-refractivity contribution in [3.05, 3.63) is 47.5 Å². The molecule has 1 aromatic heterocycles. The second-order valence-corrected chi connectivity index (χ2v) is 6.96. The van der Waals surface area contributed by atoms with Crippen molar-refractivity contribution in [1.82, 2.24) is 9.78 Å². The smallest absolute Gasteiger partial charge is 0.148 e. The first-order chi connectivity index (χ1) is 10.6. The minimum absolute atomic E-state index is 0.0222. The highest BCUT2D eigenvalue weighted by Crippen LogP contribution is 2.50. The van der Waals surface area contributed by atoms with Crippen LogP contribution in [0.25, 0.3) is 5.69 Å². The van der Waals surface area contributed by atoms with E-state index in [1.807, 2.05) is 12.3 Å². The number of hydrogen-bond acceptors (Lipinski definition) is 2. The molecule has 2 aromatic rings. The van der Waals surface area contributed by atoms with Gasteiger partial charge in [-0.3, -0.25) is 0 Å². The molecule has 1 aromatic carbocycles. The Kier molecular flexibility index (Phi) is 3.12. The zero-order valence-electron chi connectivity index (χ0n) is 12.8. The molecule has 2 aliphatic rings. The highest BCUT2D eigenvalue weighted by molar-refractivity contribution is 5.41. The average Bonchev–Trinajstić information content (AvgIpc) is 2.94. The van der Waals surface area contributed by atoms with Crippen LogP contribution >= 0.6 is 0 Å². The molecule has 1 heterocycles. The van der Waals surface area contributed by atoms with Gasteiger partial charge < -0.3 is 5.11 Å². The summed E-state index contributed by atoms with van der Waals surface area (Å²) >= 11 is 0. The number of nitrogens with zero attached hydrogens (tertiary/aromatic N) is 2. The van der Waals surface area contributed by atoms with Crippen molar-refractivity contribution < 1.29 is 9.50 Å². The van der Waals surface area contributed by atoms with Crippen molar-refractivity contribution in [2.45, 2.75) is 50.5 Å². The Morgan fingerprint density at radius 1 is 1.32 bits per heavy atom. The Morgan fingerprint density at radius 2 is 2.14 bits per heavy atom. The maximum atomic E-state index is 14.2. The third-order valence-corrected chi connectivity index (χ3v) is 5.68. The lowest BCUT2D eigenvalue weighted by molar-refractivity contribution is 0.0457. The number of aliphatic hydroxyl groups excluding tert-OH is 1. The normalized spacial score (nSPS) is 30.7. The SMILES string of the molecule is C[C@]12CC[C@H](O)C[C@@H]1CCc1cnn(-c3ccccc3F)c12. The molecule has 0 amide bonds. The van der Waals surface area contributed by atoms with E-state index >= 15 is 0 Å². The zero-order chi connectivity index (χ0) is 15.3. The van der Waals surface area contributed by atoms with Gasteiger partial charge in [0.1, 0.15) is 11.5 Å². The molecule has 3 nitrogen and oxygen atoms in total. The van der Waals surface area contributed by atoms with Crippen molar-refractivity contribution in [3.63, 3.8) is 0 Å². The highest BCUT2D eigenvalue weighted by atomic mass is 19.1. The van der Waals surface area contributed by atoms with Crippen molar-refractivity contribution in [2.75, 3.05) is 0 Å². The number of para-hydroxylation sites is 1. The predicted molar refractivity (Wildman–Crippen MR) is 82.5 cm³/mol. The fourth-order valence-corrected chi connectivity index (χ4v) is 4.44. The summed E-state index contributed by atoms with van der Waals surface area (Å²) in [6.45, 7) is 2.26. The van der Waals surface area contributed by atoms with E-state index in [1.165, 1.54) is 11.6 Å². The molecule has 1 saturated carbocycles. The Balaban J connectivity index is 1.87. The quantitative estimate of drug-likeness (QED) is 0.877. The van der Waals surface area contributed by atoms with Crippen LogP contribution in [0.3, 0.4) is 0 Å². The Hall–Kier alpha value is -1.68. The standard InChI is InChI=1S/C18H21FN2O/c1-18-9-8-14(22)10-13(18)7-6-12-11-20-21(17(12)18)16-5-3-2-4-15(16)19/h2-5,11,13-14,22H,6-10H2,1H3/t13-,14-,18-/m0/s1. The molecule has 4 heteroatoms. The van der Waals surface area contributed by atoms with Crippen LogP contribution in [0.1, 0.15) is 43.9 Å². The number of hydrogen-bond donors (Lipinski definition) is 1. The molecule has 4 rings (SSSR count). The Bertz CT molecular complexity index is 711. The summed E-state index contributed by atoms with van der Waals surface area (Å²) in [5.41, 5.74) is 2.89. The third kappa shape index (κ3) is 1.93. The molecule has 116 valence electrons. The van der Waals surface area contributed by atoms with Gasteiger partial charge in [0, 0.05) is 5.41 Å². The minimum atomic E-state index is -0.241. The van der Waals surface area contributed by atoms with E-state index in [1.54, 1.807) is 16.8 Å². The summed E-state index contributed by atoms with van der Waals surface area (Å²) in [5, 5.41) is 14.5. The second kappa shape index (κ2) is 4.92. The van der Waals surface area contributed by atoms with E-state index in [0.717, 1.165) is 37.8 Å². The zero-order valence-corrected chi connectivity index (χ0v) is 12.8. The van der Waals surface area contributed by atoms with Gasteiger partial charge in [0.25, 0.3) is 0 Å². The Morgan fingerprint density at radius 3 is 2.95 bits per heavy atom. The minimum Gasteiger partial charge on any atom is -0.393 e. The largest absolute Gasteiger partial charge is 0.393 e. The van der Waals surface area contributed by atoms with Gasteiger partial charge >= 0.3 is 0 Å².